The van der Waals surface area contributed by atoms with E-state index in [4.69, 9.17) is 4.74 Å². The molecule has 1 saturated heterocycles. The van der Waals surface area contributed by atoms with Crippen molar-refractivity contribution < 1.29 is 19.1 Å². The lowest BCUT2D eigenvalue weighted by atomic mass is 9.73. The predicted molar refractivity (Wildman–Crippen MR) is 144 cm³/mol. The van der Waals surface area contributed by atoms with Crippen molar-refractivity contribution in [3.05, 3.63) is 59.4 Å². The van der Waals surface area contributed by atoms with Crippen molar-refractivity contribution in [2.24, 2.45) is 5.41 Å². The van der Waals surface area contributed by atoms with Crippen LogP contribution in [0.25, 0.3) is 11.0 Å². The Morgan fingerprint density at radius 3 is 2.61 bits per heavy atom. The molecule has 2 aromatic carbocycles. The van der Waals surface area contributed by atoms with Gasteiger partial charge in [-0.2, -0.15) is 0 Å². The van der Waals surface area contributed by atoms with E-state index in [-0.39, 0.29) is 24.3 Å². The standard InChI is InChI=1S/C29H35N5O4/c1-20-31-23-10-9-21(19-24(23)32-20)26(35)33-14-6-5-11-29(28(37)30-2)12-15-34(16-13-29)27(36)22-7-3-4-8-25(22)38-18-17-33/h3-4,7-10,19H,5-6,11-18H2,1-2H3,(H,30,37)(H,31,32). The number of ether oxygens (including phenoxy) is 1. The average Bonchev–Trinajstić information content (AvgIpc) is 3.32. The summed E-state index contributed by atoms with van der Waals surface area (Å²) in [5.41, 5.74) is 2.25. The Hall–Kier alpha value is -3.88. The van der Waals surface area contributed by atoms with Gasteiger partial charge in [0.15, 0.2) is 0 Å². The topological polar surface area (TPSA) is 108 Å². The lowest BCUT2D eigenvalue weighted by Gasteiger charge is -2.40. The van der Waals surface area contributed by atoms with E-state index in [9.17, 15) is 14.4 Å². The molecule has 0 aliphatic carbocycles. The van der Waals surface area contributed by atoms with Gasteiger partial charge in [0.2, 0.25) is 5.91 Å². The fourth-order valence-electron chi connectivity index (χ4n) is 5.73. The zero-order valence-corrected chi connectivity index (χ0v) is 22.1. The molecule has 9 heteroatoms. The molecule has 3 aliphatic heterocycles. The third kappa shape index (κ3) is 5.10. The lowest BCUT2D eigenvalue weighted by Crippen LogP contribution is -2.49. The maximum atomic E-state index is 13.6. The van der Waals surface area contributed by atoms with Crippen molar-refractivity contribution in [2.45, 2.75) is 39.0 Å². The molecule has 0 radical (unpaired) electrons. The van der Waals surface area contributed by atoms with Crippen molar-refractivity contribution in [1.82, 2.24) is 25.1 Å². The number of imidazole rings is 1. The molecule has 38 heavy (non-hydrogen) atoms. The fraction of sp³-hybridized carbons (Fsp3) is 0.448. The van der Waals surface area contributed by atoms with Gasteiger partial charge in [-0.15, -0.1) is 0 Å². The van der Waals surface area contributed by atoms with Crippen LogP contribution in [0.4, 0.5) is 0 Å². The molecule has 0 spiro atoms. The third-order valence-corrected chi connectivity index (χ3v) is 7.92. The monoisotopic (exact) mass is 517 g/mol. The van der Waals surface area contributed by atoms with E-state index in [1.807, 2.05) is 47.1 Å². The number of piperidine rings is 1. The van der Waals surface area contributed by atoms with Crippen LogP contribution in [-0.4, -0.2) is 77.3 Å². The summed E-state index contributed by atoms with van der Waals surface area (Å²) in [4.78, 5) is 51.3. The molecule has 4 heterocycles. The van der Waals surface area contributed by atoms with Crippen LogP contribution < -0.4 is 10.1 Å². The number of H-pyrrole nitrogens is 1. The molecule has 9 nitrogen and oxygen atoms in total. The van der Waals surface area contributed by atoms with Crippen LogP contribution in [-0.2, 0) is 4.79 Å². The van der Waals surface area contributed by atoms with Crippen LogP contribution in [0.15, 0.2) is 42.5 Å². The molecular weight excluding hydrogens is 482 g/mol. The van der Waals surface area contributed by atoms with Crippen molar-refractivity contribution in [3.8, 4) is 5.75 Å². The Bertz CT molecular complexity index is 1340. The Balaban J connectivity index is 1.41. The number of nitrogens with zero attached hydrogens (tertiary/aromatic N) is 3. The van der Waals surface area contributed by atoms with E-state index >= 15 is 0 Å². The van der Waals surface area contributed by atoms with Gasteiger partial charge >= 0.3 is 0 Å². The number of nitrogens with one attached hydrogen (secondary N) is 2. The predicted octanol–water partition coefficient (Wildman–Crippen LogP) is 3.54. The summed E-state index contributed by atoms with van der Waals surface area (Å²) in [7, 11) is 1.68. The van der Waals surface area contributed by atoms with Gasteiger partial charge < -0.3 is 24.8 Å². The summed E-state index contributed by atoms with van der Waals surface area (Å²) in [6, 6.07) is 12.8. The number of aromatic nitrogens is 2. The second kappa shape index (κ2) is 10.8. The minimum Gasteiger partial charge on any atom is -0.491 e. The van der Waals surface area contributed by atoms with Crippen LogP contribution in [0.5, 0.6) is 5.75 Å². The second-order valence-corrected chi connectivity index (χ2v) is 10.3. The minimum absolute atomic E-state index is 0.0359. The van der Waals surface area contributed by atoms with Gasteiger partial charge in [0.1, 0.15) is 18.2 Å². The van der Waals surface area contributed by atoms with E-state index in [0.717, 1.165) is 36.1 Å². The molecule has 1 aromatic heterocycles. The summed E-state index contributed by atoms with van der Waals surface area (Å²) in [5.74, 6) is 1.18. The highest BCUT2D eigenvalue weighted by Crippen LogP contribution is 2.38. The number of amides is 3. The van der Waals surface area contributed by atoms with Crippen molar-refractivity contribution in [3.63, 3.8) is 0 Å². The number of fused-ring (bicyclic) bond motifs is 10. The van der Waals surface area contributed by atoms with E-state index in [1.165, 1.54) is 0 Å². The Morgan fingerprint density at radius 2 is 1.82 bits per heavy atom. The Kier molecular flexibility index (Phi) is 7.35. The van der Waals surface area contributed by atoms with Crippen LogP contribution in [0.2, 0.25) is 0 Å². The SMILES string of the molecule is CNC(=O)C12CCCCN(C(=O)c3ccc4nc(C)[nH]c4c3)CCOc3ccccc3C(=O)N(CC1)CC2. The Morgan fingerprint density at radius 1 is 1.03 bits per heavy atom. The number of aromatic amines is 1. The smallest absolute Gasteiger partial charge is 0.257 e. The summed E-state index contributed by atoms with van der Waals surface area (Å²) >= 11 is 0. The number of para-hydroxylation sites is 1. The van der Waals surface area contributed by atoms with Gasteiger partial charge in [0.05, 0.1) is 28.6 Å². The van der Waals surface area contributed by atoms with Crippen molar-refractivity contribution >= 4 is 28.8 Å². The zero-order chi connectivity index (χ0) is 26.7. The van der Waals surface area contributed by atoms with Crippen LogP contribution in [0.1, 0.15) is 58.6 Å². The Labute approximate surface area is 222 Å². The van der Waals surface area contributed by atoms with Gasteiger partial charge in [-0.1, -0.05) is 18.6 Å². The van der Waals surface area contributed by atoms with E-state index < -0.39 is 5.41 Å². The lowest BCUT2D eigenvalue weighted by molar-refractivity contribution is -0.133. The summed E-state index contributed by atoms with van der Waals surface area (Å²) in [6.07, 6.45) is 3.55. The van der Waals surface area contributed by atoms with Gasteiger partial charge in [-0.05, 0) is 62.9 Å². The molecule has 2 bridgehead atoms. The zero-order valence-electron chi connectivity index (χ0n) is 22.1. The highest BCUT2D eigenvalue weighted by atomic mass is 16.5. The van der Waals surface area contributed by atoms with Crippen molar-refractivity contribution in [1.29, 1.82) is 0 Å². The first-order valence-corrected chi connectivity index (χ1v) is 13.4. The summed E-state index contributed by atoms with van der Waals surface area (Å²) < 4.78 is 6.08. The number of hydrogen-bond acceptors (Lipinski definition) is 5. The molecule has 3 aromatic rings. The van der Waals surface area contributed by atoms with Crippen molar-refractivity contribution in [2.75, 3.05) is 39.8 Å². The molecular formula is C29H35N5O4. The average molecular weight is 518 g/mol. The molecule has 3 aliphatic rings. The molecule has 2 N–H and O–H groups in total. The van der Waals surface area contributed by atoms with Crippen LogP contribution in [0.3, 0.4) is 0 Å². The van der Waals surface area contributed by atoms with Gasteiger partial charge in [0, 0.05) is 32.2 Å². The molecule has 0 atom stereocenters. The minimum atomic E-state index is -0.500. The molecule has 0 unspecified atom stereocenters. The largest absolute Gasteiger partial charge is 0.491 e. The maximum absolute atomic E-state index is 13.6. The summed E-state index contributed by atoms with van der Waals surface area (Å²) in [6.45, 7) is 4.15. The quantitative estimate of drug-likeness (QED) is 0.541. The van der Waals surface area contributed by atoms with E-state index in [1.54, 1.807) is 19.2 Å². The maximum Gasteiger partial charge on any atom is 0.257 e. The highest BCUT2D eigenvalue weighted by molar-refractivity contribution is 5.98. The fourth-order valence-corrected chi connectivity index (χ4v) is 5.73. The molecule has 6 rings (SSSR count). The normalized spacial score (nSPS) is 18.3. The number of rotatable bonds is 2. The van der Waals surface area contributed by atoms with Crippen LogP contribution >= 0.6 is 0 Å². The van der Waals surface area contributed by atoms with Gasteiger partial charge in [-0.25, -0.2) is 4.98 Å². The molecule has 3 amide bonds. The number of aryl methyl sites for hydroxylation is 1. The second-order valence-electron chi connectivity index (χ2n) is 10.3. The number of benzene rings is 2. The van der Waals surface area contributed by atoms with E-state index in [2.05, 4.69) is 15.3 Å². The first kappa shape index (κ1) is 25.8. The van der Waals surface area contributed by atoms with Gasteiger partial charge in [0.25, 0.3) is 11.8 Å². The number of carbonyl (C=O) groups excluding carboxylic acids is 3. The molecule has 200 valence electrons. The molecule has 1 fully saturated rings. The van der Waals surface area contributed by atoms with E-state index in [0.29, 0.717) is 55.9 Å². The van der Waals surface area contributed by atoms with Crippen LogP contribution in [0, 0.1) is 12.3 Å². The highest BCUT2D eigenvalue weighted by Gasteiger charge is 2.41. The first-order valence-electron chi connectivity index (χ1n) is 13.4. The van der Waals surface area contributed by atoms with Gasteiger partial charge in [-0.3, -0.25) is 14.4 Å². The number of carbonyl (C=O) groups is 3. The third-order valence-electron chi connectivity index (χ3n) is 7.92. The molecule has 0 saturated carbocycles. The number of hydrogen-bond donors (Lipinski definition) is 2. The summed E-state index contributed by atoms with van der Waals surface area (Å²) in [5, 5.41) is 2.85. The first-order chi connectivity index (χ1) is 18.4.